The van der Waals surface area contributed by atoms with E-state index in [1.807, 2.05) is 12.1 Å². The molecule has 1 atom stereocenters. The Balaban J connectivity index is 1.53. The number of hydrazone groups is 1. The molecule has 0 bridgehead atoms. The van der Waals surface area contributed by atoms with E-state index in [2.05, 4.69) is 5.10 Å². The molecule has 4 aromatic rings. The lowest BCUT2D eigenvalue weighted by Gasteiger charge is -2.24. The Kier molecular flexibility index (Phi) is 8.06. The number of hydrogen-bond acceptors (Lipinski definition) is 6. The van der Waals surface area contributed by atoms with Crippen molar-refractivity contribution >= 4 is 28.9 Å². The zero-order valence-electron chi connectivity index (χ0n) is 21.4. The lowest BCUT2D eigenvalue weighted by atomic mass is 10.1. The van der Waals surface area contributed by atoms with Crippen molar-refractivity contribution in [3.63, 3.8) is 0 Å². The molecule has 0 fully saturated rings. The van der Waals surface area contributed by atoms with Crippen LogP contribution in [0.25, 0.3) is 0 Å². The van der Waals surface area contributed by atoms with Crippen LogP contribution in [0.5, 0.6) is 11.5 Å². The maximum absolute atomic E-state index is 14.6. The third kappa shape index (κ3) is 5.80. The predicted molar refractivity (Wildman–Crippen MR) is 147 cm³/mol. The average Bonchev–Trinajstić information content (AvgIpc) is 3.41. The van der Waals surface area contributed by atoms with Crippen LogP contribution >= 0.6 is 11.8 Å². The highest BCUT2D eigenvalue weighted by Crippen LogP contribution is 2.48. The number of methoxy groups -OCH3 is 1. The predicted octanol–water partition coefficient (Wildman–Crippen LogP) is 7.08. The van der Waals surface area contributed by atoms with Crippen LogP contribution in [0, 0.1) is 28.7 Å². The van der Waals surface area contributed by atoms with E-state index in [4.69, 9.17) is 14.9 Å². The normalized spacial score (nSPS) is 14.5. The summed E-state index contributed by atoms with van der Waals surface area (Å²) in [4.78, 5) is 13.5. The number of carbonyl (C=O) groups excluding carboxylic acids is 1. The molecule has 11 heteroatoms. The number of rotatable bonds is 8. The summed E-state index contributed by atoms with van der Waals surface area (Å²) in [7, 11) is 1.41. The number of benzene rings is 4. The van der Waals surface area contributed by atoms with Crippen molar-refractivity contribution in [3.05, 3.63) is 130 Å². The lowest BCUT2D eigenvalue weighted by Crippen LogP contribution is -2.28. The number of thioether (sulfide) groups is 1. The minimum absolute atomic E-state index is 0.169. The number of carbonyl (C=O) groups is 1. The van der Waals surface area contributed by atoms with E-state index in [0.717, 1.165) is 27.9 Å². The molecule has 0 spiro atoms. The van der Waals surface area contributed by atoms with E-state index in [1.165, 1.54) is 37.6 Å². The third-order valence-electron chi connectivity index (χ3n) is 6.18. The van der Waals surface area contributed by atoms with Crippen molar-refractivity contribution in [1.29, 1.82) is 5.41 Å². The van der Waals surface area contributed by atoms with Crippen LogP contribution < -0.4 is 9.47 Å². The minimum Gasteiger partial charge on any atom is -0.492 e. The zero-order valence-corrected chi connectivity index (χ0v) is 22.2. The van der Waals surface area contributed by atoms with Crippen LogP contribution in [0.4, 0.5) is 17.6 Å². The summed E-state index contributed by atoms with van der Waals surface area (Å²) in [6.07, 6.45) is 1.23. The third-order valence-corrected chi connectivity index (χ3v) is 7.40. The van der Waals surface area contributed by atoms with Crippen LogP contribution in [-0.4, -0.2) is 29.3 Å². The SMILES string of the molecule is COc1c(OCc2ccc(C=N)cc2)cccc1C1SC(c2ccc(F)cc2)=NN1C(=O)c1c(F)cc(F)cc1F. The average molecular weight is 580 g/mol. The van der Waals surface area contributed by atoms with Gasteiger partial charge < -0.3 is 14.9 Å². The van der Waals surface area contributed by atoms with Gasteiger partial charge in [0.05, 0.1) is 7.11 Å². The zero-order chi connectivity index (χ0) is 29.1. The van der Waals surface area contributed by atoms with E-state index < -0.39 is 40.1 Å². The van der Waals surface area contributed by atoms with E-state index in [-0.39, 0.29) is 17.4 Å². The van der Waals surface area contributed by atoms with Gasteiger partial charge in [0.1, 0.15) is 45.9 Å². The molecule has 0 aromatic heterocycles. The molecule has 6 nitrogen and oxygen atoms in total. The van der Waals surface area contributed by atoms with Gasteiger partial charge in [-0.05, 0) is 41.5 Å². The largest absolute Gasteiger partial charge is 0.492 e. The molecule has 0 saturated carbocycles. The molecule has 1 aliphatic rings. The molecule has 0 aliphatic carbocycles. The number of amides is 1. The van der Waals surface area contributed by atoms with Crippen LogP contribution in [-0.2, 0) is 6.61 Å². The summed E-state index contributed by atoms with van der Waals surface area (Å²) < 4.78 is 68.1. The standard InChI is InChI=1S/C30H21F4N3O3S/c1-39-27-22(3-2-4-25(27)40-16-18-7-5-17(15-35)6-8-18)30-37(29(38)26-23(33)13-21(32)14-24(26)34)36-28(41-30)19-9-11-20(31)12-10-19/h2-15,30,35H,16H2,1H3. The lowest BCUT2D eigenvalue weighted by molar-refractivity contribution is 0.0737. The summed E-state index contributed by atoms with van der Waals surface area (Å²) in [6, 6.07) is 18.4. The second kappa shape index (κ2) is 11.8. The molecule has 4 aromatic carbocycles. The monoisotopic (exact) mass is 579 g/mol. The molecule has 41 heavy (non-hydrogen) atoms. The van der Waals surface area contributed by atoms with Crippen molar-refractivity contribution in [2.45, 2.75) is 12.0 Å². The molecular weight excluding hydrogens is 558 g/mol. The molecule has 1 N–H and O–H groups in total. The summed E-state index contributed by atoms with van der Waals surface area (Å²) in [6.45, 7) is 0.169. The van der Waals surface area contributed by atoms with Gasteiger partial charge in [0, 0.05) is 29.5 Å². The molecule has 208 valence electrons. The first-order chi connectivity index (χ1) is 19.8. The first kappa shape index (κ1) is 27.9. The van der Waals surface area contributed by atoms with E-state index >= 15 is 0 Å². The summed E-state index contributed by atoms with van der Waals surface area (Å²) >= 11 is 1.08. The van der Waals surface area contributed by atoms with Gasteiger partial charge in [0.15, 0.2) is 11.5 Å². The number of nitrogens with zero attached hydrogens (tertiary/aromatic N) is 2. The highest BCUT2D eigenvalue weighted by Gasteiger charge is 2.39. The molecule has 1 unspecified atom stereocenters. The Bertz CT molecular complexity index is 1620. The first-order valence-electron chi connectivity index (χ1n) is 12.2. The van der Waals surface area contributed by atoms with Crippen molar-refractivity contribution in [1.82, 2.24) is 5.01 Å². The van der Waals surface area contributed by atoms with Gasteiger partial charge >= 0.3 is 0 Å². The van der Waals surface area contributed by atoms with Gasteiger partial charge in [-0.3, -0.25) is 4.79 Å². The molecular formula is C30H21F4N3O3S. The van der Waals surface area contributed by atoms with Crippen molar-refractivity contribution in [2.75, 3.05) is 7.11 Å². The Morgan fingerprint density at radius 3 is 2.29 bits per heavy atom. The second-order valence-corrected chi connectivity index (χ2v) is 9.90. The van der Waals surface area contributed by atoms with Gasteiger partial charge in [0.25, 0.3) is 5.91 Å². The van der Waals surface area contributed by atoms with Gasteiger partial charge in [-0.25, -0.2) is 22.6 Å². The topological polar surface area (TPSA) is 75.0 Å². The molecule has 1 heterocycles. The second-order valence-electron chi connectivity index (χ2n) is 8.83. The molecule has 0 saturated heterocycles. The smallest absolute Gasteiger partial charge is 0.281 e. The molecule has 0 radical (unpaired) electrons. The van der Waals surface area contributed by atoms with Crippen molar-refractivity contribution in [3.8, 4) is 11.5 Å². The van der Waals surface area contributed by atoms with E-state index in [9.17, 15) is 22.4 Å². The number of hydrogen-bond donors (Lipinski definition) is 1. The summed E-state index contributed by atoms with van der Waals surface area (Å²) in [5, 5.41) is 11.9. The van der Waals surface area contributed by atoms with E-state index in [0.29, 0.717) is 29.0 Å². The fourth-order valence-corrected chi connectivity index (χ4v) is 5.36. The van der Waals surface area contributed by atoms with Crippen molar-refractivity contribution < 1.29 is 31.8 Å². The van der Waals surface area contributed by atoms with Crippen LogP contribution in [0.1, 0.15) is 38.0 Å². The maximum Gasteiger partial charge on any atom is 0.281 e. The molecule has 1 amide bonds. The first-order valence-corrected chi connectivity index (χ1v) is 13.1. The Hall–Kier alpha value is -4.64. The van der Waals surface area contributed by atoms with Crippen molar-refractivity contribution in [2.24, 2.45) is 5.10 Å². The van der Waals surface area contributed by atoms with Crippen LogP contribution in [0.15, 0.2) is 84.0 Å². The fourth-order valence-electron chi connectivity index (χ4n) is 4.19. The highest BCUT2D eigenvalue weighted by atomic mass is 32.2. The number of nitrogens with one attached hydrogen (secondary N) is 1. The number of halogens is 4. The molecule has 5 rings (SSSR count). The van der Waals surface area contributed by atoms with Gasteiger partial charge in [-0.1, -0.05) is 48.2 Å². The number of para-hydroxylation sites is 1. The van der Waals surface area contributed by atoms with Gasteiger partial charge in [-0.15, -0.1) is 0 Å². The summed E-state index contributed by atoms with van der Waals surface area (Å²) in [5.74, 6) is -4.94. The molecule has 1 aliphatic heterocycles. The Morgan fingerprint density at radius 2 is 1.66 bits per heavy atom. The fraction of sp³-hybridized carbons (Fsp3) is 0.100. The minimum atomic E-state index is -1.38. The van der Waals surface area contributed by atoms with Gasteiger partial charge in [-0.2, -0.15) is 5.10 Å². The van der Waals surface area contributed by atoms with Crippen LogP contribution in [0.2, 0.25) is 0 Å². The number of ether oxygens (including phenoxy) is 2. The maximum atomic E-state index is 14.6. The van der Waals surface area contributed by atoms with Crippen LogP contribution in [0.3, 0.4) is 0 Å². The van der Waals surface area contributed by atoms with E-state index in [1.54, 1.807) is 30.3 Å². The highest BCUT2D eigenvalue weighted by molar-refractivity contribution is 8.14. The van der Waals surface area contributed by atoms with Gasteiger partial charge in [0.2, 0.25) is 0 Å². The summed E-state index contributed by atoms with van der Waals surface area (Å²) in [5.41, 5.74) is 1.48. The Labute approximate surface area is 236 Å². The quantitative estimate of drug-likeness (QED) is 0.179. The Morgan fingerprint density at radius 1 is 0.976 bits per heavy atom.